The Balaban J connectivity index is 1.61. The maximum Gasteiger partial charge on any atom is 0.211 e. The number of halogens is 15. The molecule has 0 heterocycles. The molecule has 0 aromatic heterocycles. The van der Waals surface area contributed by atoms with Crippen LogP contribution in [-0.4, -0.2) is 0 Å². The van der Waals surface area contributed by atoms with Crippen LogP contribution in [0.15, 0.2) is 60.7 Å². The Morgan fingerprint density at radius 2 is 0.403 bits per heavy atom. The van der Waals surface area contributed by atoms with E-state index in [1.165, 1.54) is 0 Å². The Kier molecular flexibility index (Phi) is 13.4. The molecule has 0 aliphatic rings. The van der Waals surface area contributed by atoms with Gasteiger partial charge in [0.15, 0.2) is 11.5 Å². The van der Waals surface area contributed by atoms with Crippen molar-refractivity contribution in [2.45, 2.75) is 40.0 Å². The van der Waals surface area contributed by atoms with E-state index in [0.717, 1.165) is 6.92 Å². The van der Waals surface area contributed by atoms with E-state index in [9.17, 15) is 65.9 Å². The molecular weight excluding hydrogens is 869 g/mol. The first-order valence-corrected chi connectivity index (χ1v) is 17.3. The lowest BCUT2D eigenvalue weighted by Gasteiger charge is -2.25. The highest BCUT2D eigenvalue weighted by Crippen LogP contribution is 2.55. The van der Waals surface area contributed by atoms with E-state index in [4.69, 9.17) is 23.7 Å². The smallest absolute Gasteiger partial charge is 0.211 e. The molecule has 5 nitrogen and oxygen atoms in total. The van der Waals surface area contributed by atoms with Crippen LogP contribution in [0.4, 0.5) is 65.9 Å². The molecule has 326 valence electrons. The average molecular weight is 893 g/mol. The van der Waals surface area contributed by atoms with Gasteiger partial charge in [-0.1, -0.05) is 0 Å². The zero-order valence-corrected chi connectivity index (χ0v) is 31.0. The fourth-order valence-electron chi connectivity index (χ4n) is 5.77. The van der Waals surface area contributed by atoms with Gasteiger partial charge >= 0.3 is 0 Å². The minimum Gasteiger partial charge on any atom is -0.484 e. The molecule has 0 aliphatic carbocycles. The molecule has 0 bridgehead atoms. The van der Waals surface area contributed by atoms with Gasteiger partial charge in [0.1, 0.15) is 120 Å². The molecule has 0 saturated heterocycles. The summed E-state index contributed by atoms with van der Waals surface area (Å²) in [5.41, 5.74) is -5.60. The maximum absolute atomic E-state index is 14.9. The van der Waals surface area contributed by atoms with Crippen molar-refractivity contribution in [3.05, 3.63) is 181 Å². The monoisotopic (exact) mass is 892 g/mol. The van der Waals surface area contributed by atoms with Gasteiger partial charge in [0.25, 0.3) is 0 Å². The predicted molar refractivity (Wildman–Crippen MR) is 184 cm³/mol. The van der Waals surface area contributed by atoms with Crippen molar-refractivity contribution >= 4 is 0 Å². The van der Waals surface area contributed by atoms with Crippen molar-refractivity contribution < 1.29 is 89.5 Å². The number of benzene rings is 6. The highest BCUT2D eigenvalue weighted by molar-refractivity contribution is 5.70. The predicted octanol–water partition coefficient (Wildman–Crippen LogP) is 12.0. The summed E-state index contributed by atoms with van der Waals surface area (Å²) in [6.07, 6.45) is 0. The lowest BCUT2D eigenvalue weighted by atomic mass is 10.1. The Morgan fingerprint density at radius 3 is 0.581 bits per heavy atom. The van der Waals surface area contributed by atoms with E-state index in [2.05, 4.69) is 0 Å². The van der Waals surface area contributed by atoms with Crippen LogP contribution in [0.5, 0.6) is 28.7 Å². The molecule has 0 atom stereocenters. The van der Waals surface area contributed by atoms with Crippen LogP contribution in [0.1, 0.15) is 33.4 Å². The Hall–Kier alpha value is -6.73. The van der Waals surface area contributed by atoms with Crippen LogP contribution in [0, 0.1) is 94.2 Å². The molecule has 6 rings (SSSR count). The van der Waals surface area contributed by atoms with Crippen LogP contribution in [0.25, 0.3) is 0 Å². The largest absolute Gasteiger partial charge is 0.484 e. The SMILES string of the molecule is Cc1c(OCc2c(F)cc(F)cc2F)c(OCc2c(F)cc(F)cc2F)c(OCc2c(F)cc(F)cc2F)c(OCc2c(F)cc(F)cc2F)c1OCc1c(F)cc(F)cc1F. The van der Waals surface area contributed by atoms with E-state index in [-0.39, 0.29) is 60.7 Å². The van der Waals surface area contributed by atoms with Crippen molar-refractivity contribution in [3.63, 3.8) is 0 Å². The van der Waals surface area contributed by atoms with Gasteiger partial charge in [-0.3, -0.25) is 0 Å². The van der Waals surface area contributed by atoms with Gasteiger partial charge in [-0.05, 0) is 6.92 Å². The molecule has 0 fully saturated rings. The van der Waals surface area contributed by atoms with Crippen LogP contribution in [-0.2, 0) is 33.0 Å². The first-order valence-electron chi connectivity index (χ1n) is 17.3. The molecule has 6 aromatic rings. The summed E-state index contributed by atoms with van der Waals surface area (Å²) >= 11 is 0. The first-order chi connectivity index (χ1) is 29.3. The van der Waals surface area contributed by atoms with Crippen LogP contribution < -0.4 is 23.7 Å². The second kappa shape index (κ2) is 18.5. The van der Waals surface area contributed by atoms with Crippen molar-refractivity contribution in [1.82, 2.24) is 0 Å². The number of hydrogen-bond donors (Lipinski definition) is 0. The molecule has 0 amide bonds. The van der Waals surface area contributed by atoms with Gasteiger partial charge in [0.2, 0.25) is 17.2 Å². The molecule has 62 heavy (non-hydrogen) atoms. The Morgan fingerprint density at radius 1 is 0.258 bits per heavy atom. The molecule has 20 heteroatoms. The minimum absolute atomic E-state index is 0.215. The third-order valence-electron chi connectivity index (χ3n) is 8.84. The van der Waals surface area contributed by atoms with Crippen LogP contribution >= 0.6 is 0 Å². The van der Waals surface area contributed by atoms with Gasteiger partial charge in [-0.2, -0.15) is 0 Å². The average Bonchev–Trinajstić information content (AvgIpc) is 3.15. The van der Waals surface area contributed by atoms with Gasteiger partial charge in [0, 0.05) is 66.2 Å². The topological polar surface area (TPSA) is 46.2 Å². The van der Waals surface area contributed by atoms with E-state index in [1.54, 1.807) is 0 Å². The summed E-state index contributed by atoms with van der Waals surface area (Å²) < 4.78 is 246. The molecule has 0 N–H and O–H groups in total. The Labute approximate surface area is 339 Å². The molecule has 0 radical (unpaired) electrons. The molecule has 6 aromatic carbocycles. The van der Waals surface area contributed by atoms with E-state index in [0.29, 0.717) is 0 Å². The first kappa shape index (κ1) is 44.8. The quantitative estimate of drug-likeness (QED) is 0.0961. The fraction of sp³-hybridized carbons (Fsp3) is 0.143. The fourth-order valence-corrected chi connectivity index (χ4v) is 5.77. The molecule has 0 spiro atoms. The minimum atomic E-state index is -1.58. The summed E-state index contributed by atoms with van der Waals surface area (Å²) in [5.74, 6) is -27.3. The second-order valence-electron chi connectivity index (χ2n) is 13.0. The molecule has 0 saturated carbocycles. The van der Waals surface area contributed by atoms with Crippen LogP contribution in [0.2, 0.25) is 0 Å². The summed E-state index contributed by atoms with van der Waals surface area (Å²) in [7, 11) is 0. The maximum atomic E-state index is 14.9. The molecule has 0 aliphatic heterocycles. The van der Waals surface area contributed by atoms with E-state index >= 15 is 0 Å². The van der Waals surface area contributed by atoms with Crippen LogP contribution in [0.3, 0.4) is 0 Å². The summed E-state index contributed by atoms with van der Waals surface area (Å²) in [5, 5.41) is 0. The highest BCUT2D eigenvalue weighted by Gasteiger charge is 2.32. The third kappa shape index (κ3) is 9.74. The summed E-state index contributed by atoms with van der Waals surface area (Å²) in [4.78, 5) is 0. The van der Waals surface area contributed by atoms with Crippen molar-refractivity contribution in [3.8, 4) is 28.7 Å². The van der Waals surface area contributed by atoms with Gasteiger partial charge < -0.3 is 23.7 Å². The summed E-state index contributed by atoms with van der Waals surface area (Å²) in [6.45, 7) is -5.40. The highest BCUT2D eigenvalue weighted by atomic mass is 19.2. The molecular formula is C42H23F15O5. The van der Waals surface area contributed by atoms with Gasteiger partial charge in [-0.15, -0.1) is 0 Å². The Bertz CT molecular complexity index is 2430. The van der Waals surface area contributed by atoms with Crippen molar-refractivity contribution in [1.29, 1.82) is 0 Å². The zero-order valence-electron chi connectivity index (χ0n) is 31.0. The van der Waals surface area contributed by atoms with Crippen molar-refractivity contribution in [2.24, 2.45) is 0 Å². The summed E-state index contributed by atoms with van der Waals surface area (Å²) in [6, 6.07) is 2.34. The number of ether oxygens (including phenoxy) is 5. The molecule has 0 unspecified atom stereocenters. The van der Waals surface area contributed by atoms with Gasteiger partial charge in [-0.25, -0.2) is 65.9 Å². The standard InChI is InChI=1S/C42H23F15O5/c1-17-38(58-12-23-28(48)2-18(43)3-29(23)49)40(60-14-25-32(52)6-20(45)7-33(25)53)42(62-16-27-36(56)10-22(47)11-37(27)57)41(61-15-26-34(54)8-21(46)9-35(26)55)39(17)59-13-24-30(50)4-19(44)5-31(24)51/h2-11H,12-16H2,1H3. The van der Waals surface area contributed by atoms with E-state index < -0.39 is 182 Å². The van der Waals surface area contributed by atoms with Crippen molar-refractivity contribution in [2.75, 3.05) is 0 Å². The number of hydrogen-bond acceptors (Lipinski definition) is 5. The number of rotatable bonds is 15. The van der Waals surface area contributed by atoms with E-state index in [1.807, 2.05) is 0 Å². The third-order valence-corrected chi connectivity index (χ3v) is 8.84. The van der Waals surface area contributed by atoms with Gasteiger partial charge in [0.05, 0.1) is 27.8 Å². The lowest BCUT2D eigenvalue weighted by Crippen LogP contribution is -2.13. The normalized spacial score (nSPS) is 11.2. The lowest BCUT2D eigenvalue weighted by molar-refractivity contribution is 0.192. The zero-order chi connectivity index (χ0) is 45.2. The second-order valence-corrected chi connectivity index (χ2v) is 13.0.